The standard InChI is InChI=1S/C13H21N5OS.ClH/c14-12-16-8-11(20-12)9-17-6-2-10(3-7-17)18-5-1-4-15-13(18)19;/h8,10H,1-7,9H2,(H2,14,16)(H,15,19);1H. The Morgan fingerprint density at radius 3 is 2.76 bits per heavy atom. The number of hydrogen-bond acceptors (Lipinski definition) is 5. The van der Waals surface area contributed by atoms with Crippen molar-refractivity contribution in [3.63, 3.8) is 0 Å². The number of nitrogens with two attached hydrogens (primary N) is 1. The number of nitrogen functional groups attached to an aromatic ring is 1. The zero-order valence-corrected chi connectivity index (χ0v) is 13.6. The van der Waals surface area contributed by atoms with Crippen LogP contribution in [-0.4, -0.2) is 53.0 Å². The Kier molecular flexibility index (Phi) is 5.66. The largest absolute Gasteiger partial charge is 0.375 e. The number of nitrogens with zero attached hydrogens (tertiary/aromatic N) is 3. The lowest BCUT2D eigenvalue weighted by atomic mass is 10.0. The molecule has 0 atom stereocenters. The predicted molar refractivity (Wildman–Crippen MR) is 86.8 cm³/mol. The number of likely N-dealkylation sites (tertiary alicyclic amines) is 1. The van der Waals surface area contributed by atoms with Crippen LogP contribution in [0.15, 0.2) is 6.20 Å². The molecule has 0 radical (unpaired) electrons. The molecule has 8 heteroatoms. The molecule has 1 aromatic heterocycles. The maximum Gasteiger partial charge on any atom is 0.317 e. The van der Waals surface area contributed by atoms with E-state index >= 15 is 0 Å². The summed E-state index contributed by atoms with van der Waals surface area (Å²) in [5.74, 6) is 0. The van der Waals surface area contributed by atoms with Crippen molar-refractivity contribution in [2.45, 2.75) is 31.8 Å². The van der Waals surface area contributed by atoms with Crippen LogP contribution in [0.5, 0.6) is 0 Å². The second kappa shape index (κ2) is 7.29. The number of piperidine rings is 1. The van der Waals surface area contributed by atoms with Gasteiger partial charge >= 0.3 is 6.03 Å². The highest BCUT2D eigenvalue weighted by atomic mass is 35.5. The quantitative estimate of drug-likeness (QED) is 0.880. The molecule has 118 valence electrons. The fraction of sp³-hybridized carbons (Fsp3) is 0.692. The van der Waals surface area contributed by atoms with Crippen LogP contribution in [0.3, 0.4) is 0 Å². The molecule has 0 bridgehead atoms. The Morgan fingerprint density at radius 1 is 1.38 bits per heavy atom. The average molecular weight is 332 g/mol. The lowest BCUT2D eigenvalue weighted by molar-refractivity contribution is 0.109. The normalized spacial score (nSPS) is 21.0. The molecule has 1 aromatic rings. The summed E-state index contributed by atoms with van der Waals surface area (Å²) in [5, 5.41) is 3.57. The molecule has 3 heterocycles. The number of rotatable bonds is 3. The highest BCUT2D eigenvalue weighted by Crippen LogP contribution is 2.22. The summed E-state index contributed by atoms with van der Waals surface area (Å²) in [4.78, 5) is 21.6. The monoisotopic (exact) mass is 331 g/mol. The lowest BCUT2D eigenvalue weighted by Crippen LogP contribution is -2.54. The first-order chi connectivity index (χ1) is 9.72. The van der Waals surface area contributed by atoms with Crippen molar-refractivity contribution in [2.75, 3.05) is 31.9 Å². The molecular formula is C13H22ClN5OS. The maximum atomic E-state index is 11.8. The number of anilines is 1. The second-order valence-corrected chi connectivity index (χ2v) is 6.60. The van der Waals surface area contributed by atoms with Crippen molar-refractivity contribution in [3.8, 4) is 0 Å². The number of halogens is 1. The Hall–Kier alpha value is -1.05. The second-order valence-electron chi connectivity index (χ2n) is 5.45. The van der Waals surface area contributed by atoms with Gasteiger partial charge in [-0.2, -0.15) is 0 Å². The molecule has 2 fully saturated rings. The molecule has 3 rings (SSSR count). The van der Waals surface area contributed by atoms with Gasteiger partial charge in [-0.25, -0.2) is 9.78 Å². The Bertz CT molecular complexity index is 475. The van der Waals surface area contributed by atoms with E-state index in [4.69, 9.17) is 5.73 Å². The van der Waals surface area contributed by atoms with E-state index in [0.29, 0.717) is 11.2 Å². The molecular weight excluding hydrogens is 310 g/mol. The SMILES string of the molecule is Cl.Nc1ncc(CN2CCC(N3CCCNC3=O)CC2)s1. The number of carbonyl (C=O) groups is 1. The van der Waals surface area contributed by atoms with Gasteiger partial charge in [0.2, 0.25) is 0 Å². The number of thiazole rings is 1. The van der Waals surface area contributed by atoms with Crippen molar-refractivity contribution < 1.29 is 4.79 Å². The molecule has 21 heavy (non-hydrogen) atoms. The number of aromatic nitrogens is 1. The summed E-state index contributed by atoms with van der Waals surface area (Å²) in [6.07, 6.45) is 5.04. The predicted octanol–water partition coefficient (Wildman–Crippen LogP) is 1.53. The summed E-state index contributed by atoms with van der Waals surface area (Å²) in [6, 6.07) is 0.517. The zero-order chi connectivity index (χ0) is 13.9. The number of amides is 2. The minimum Gasteiger partial charge on any atom is -0.375 e. The van der Waals surface area contributed by atoms with Gasteiger partial charge in [0.1, 0.15) is 0 Å². The molecule has 2 aliphatic rings. The van der Waals surface area contributed by atoms with E-state index in [1.54, 1.807) is 11.3 Å². The summed E-state index contributed by atoms with van der Waals surface area (Å²) in [7, 11) is 0. The molecule has 3 N–H and O–H groups in total. The third-order valence-electron chi connectivity index (χ3n) is 4.06. The van der Waals surface area contributed by atoms with E-state index in [0.717, 1.165) is 52.0 Å². The van der Waals surface area contributed by atoms with Crippen molar-refractivity contribution in [1.82, 2.24) is 20.1 Å². The third-order valence-corrected chi connectivity index (χ3v) is 4.87. The minimum atomic E-state index is 0. The minimum absolute atomic E-state index is 0. The van der Waals surface area contributed by atoms with E-state index in [2.05, 4.69) is 15.2 Å². The Labute approximate surface area is 135 Å². The van der Waals surface area contributed by atoms with Crippen LogP contribution < -0.4 is 11.1 Å². The first kappa shape index (κ1) is 16.3. The lowest BCUT2D eigenvalue weighted by Gasteiger charge is -2.40. The first-order valence-electron chi connectivity index (χ1n) is 7.19. The molecule has 0 unspecified atom stereocenters. The summed E-state index contributed by atoms with van der Waals surface area (Å²) < 4.78 is 0. The molecule has 2 saturated heterocycles. The fourth-order valence-electron chi connectivity index (χ4n) is 3.00. The van der Waals surface area contributed by atoms with Crippen LogP contribution in [0.25, 0.3) is 0 Å². The van der Waals surface area contributed by atoms with Gasteiger partial charge in [-0.3, -0.25) is 4.90 Å². The van der Waals surface area contributed by atoms with E-state index in [9.17, 15) is 4.79 Å². The van der Waals surface area contributed by atoms with Crippen molar-refractivity contribution >= 4 is 34.9 Å². The molecule has 0 spiro atoms. The van der Waals surface area contributed by atoms with Crippen molar-refractivity contribution in [2.24, 2.45) is 0 Å². The number of carbonyl (C=O) groups excluding carboxylic acids is 1. The van der Waals surface area contributed by atoms with Gasteiger partial charge in [-0.15, -0.1) is 23.7 Å². The number of urea groups is 1. The Morgan fingerprint density at radius 2 is 2.14 bits per heavy atom. The molecule has 6 nitrogen and oxygen atoms in total. The summed E-state index contributed by atoms with van der Waals surface area (Å²) >= 11 is 1.56. The molecule has 0 aliphatic carbocycles. The zero-order valence-electron chi connectivity index (χ0n) is 12.0. The van der Waals surface area contributed by atoms with Gasteiger partial charge < -0.3 is 16.0 Å². The maximum absolute atomic E-state index is 11.8. The average Bonchev–Trinajstić information content (AvgIpc) is 2.86. The highest BCUT2D eigenvalue weighted by molar-refractivity contribution is 7.15. The first-order valence-corrected chi connectivity index (χ1v) is 8.01. The van der Waals surface area contributed by atoms with Crippen LogP contribution in [0.1, 0.15) is 24.1 Å². The van der Waals surface area contributed by atoms with E-state index in [-0.39, 0.29) is 18.4 Å². The third kappa shape index (κ3) is 3.99. The highest BCUT2D eigenvalue weighted by Gasteiger charge is 2.29. The van der Waals surface area contributed by atoms with Gasteiger partial charge in [0.05, 0.1) is 0 Å². The van der Waals surface area contributed by atoms with Gasteiger partial charge in [0, 0.05) is 49.8 Å². The molecule has 0 aromatic carbocycles. The number of nitrogens with one attached hydrogen (secondary N) is 1. The van der Waals surface area contributed by atoms with Gasteiger partial charge in [0.15, 0.2) is 5.13 Å². The van der Waals surface area contributed by atoms with E-state index < -0.39 is 0 Å². The molecule has 2 amide bonds. The van der Waals surface area contributed by atoms with E-state index in [1.807, 2.05) is 11.1 Å². The van der Waals surface area contributed by atoms with Crippen LogP contribution in [0.2, 0.25) is 0 Å². The smallest absolute Gasteiger partial charge is 0.317 e. The van der Waals surface area contributed by atoms with Crippen LogP contribution in [-0.2, 0) is 6.54 Å². The summed E-state index contributed by atoms with van der Waals surface area (Å²) in [6.45, 7) is 4.72. The summed E-state index contributed by atoms with van der Waals surface area (Å²) in [5.41, 5.74) is 5.66. The van der Waals surface area contributed by atoms with Crippen LogP contribution >= 0.6 is 23.7 Å². The van der Waals surface area contributed by atoms with Crippen molar-refractivity contribution in [3.05, 3.63) is 11.1 Å². The molecule has 0 saturated carbocycles. The van der Waals surface area contributed by atoms with Gasteiger partial charge in [-0.1, -0.05) is 0 Å². The Balaban J connectivity index is 0.00000161. The topological polar surface area (TPSA) is 74.5 Å². The van der Waals surface area contributed by atoms with Crippen LogP contribution in [0.4, 0.5) is 9.93 Å². The fourth-order valence-corrected chi connectivity index (χ4v) is 3.73. The van der Waals surface area contributed by atoms with Gasteiger partial charge in [0.25, 0.3) is 0 Å². The van der Waals surface area contributed by atoms with Gasteiger partial charge in [-0.05, 0) is 19.3 Å². The van der Waals surface area contributed by atoms with E-state index in [1.165, 1.54) is 4.88 Å². The van der Waals surface area contributed by atoms with Crippen molar-refractivity contribution in [1.29, 1.82) is 0 Å². The molecule has 2 aliphatic heterocycles. The van der Waals surface area contributed by atoms with Crippen LogP contribution in [0, 0.1) is 0 Å². The number of hydrogen-bond donors (Lipinski definition) is 2.